The van der Waals surface area contributed by atoms with E-state index in [1.807, 2.05) is 18.7 Å². The van der Waals surface area contributed by atoms with E-state index in [1.54, 1.807) is 24.3 Å². The maximum absolute atomic E-state index is 12.0. The van der Waals surface area contributed by atoms with Crippen molar-refractivity contribution in [3.63, 3.8) is 0 Å². The van der Waals surface area contributed by atoms with Gasteiger partial charge in [-0.2, -0.15) is 0 Å². The molecule has 0 aliphatic carbocycles. The number of benzene rings is 1. The first-order valence-corrected chi connectivity index (χ1v) is 7.25. The molecule has 0 spiro atoms. The number of carbonyl (C=O) groups is 1. The van der Waals surface area contributed by atoms with Gasteiger partial charge in [0.2, 0.25) is 5.91 Å². The van der Waals surface area contributed by atoms with Gasteiger partial charge in [0, 0.05) is 29.7 Å². The quantitative estimate of drug-likeness (QED) is 0.760. The average molecular weight is 314 g/mol. The van der Waals surface area contributed by atoms with Gasteiger partial charge in [0.25, 0.3) is 0 Å². The van der Waals surface area contributed by atoms with Crippen molar-refractivity contribution in [3.8, 4) is 0 Å². The van der Waals surface area contributed by atoms with Crippen LogP contribution in [0.1, 0.15) is 20.3 Å². The van der Waals surface area contributed by atoms with Gasteiger partial charge < -0.3 is 11.1 Å². The van der Waals surface area contributed by atoms with Crippen LogP contribution in [0.5, 0.6) is 0 Å². The highest BCUT2D eigenvalue weighted by molar-refractivity contribution is 7.80. The van der Waals surface area contributed by atoms with E-state index in [-0.39, 0.29) is 11.9 Å². The van der Waals surface area contributed by atoms with E-state index in [0.29, 0.717) is 35.2 Å². The highest BCUT2D eigenvalue weighted by Crippen LogP contribution is 2.14. The molecular formula is C14H20ClN3OS. The monoisotopic (exact) mass is 313 g/mol. The summed E-state index contributed by atoms with van der Waals surface area (Å²) in [5, 5.41) is 3.42. The number of nitrogens with one attached hydrogen (secondary N) is 1. The predicted octanol–water partition coefficient (Wildman–Crippen LogP) is 2.67. The summed E-state index contributed by atoms with van der Waals surface area (Å²) >= 11 is 10.7. The van der Waals surface area contributed by atoms with Gasteiger partial charge in [0.15, 0.2) is 0 Å². The first-order chi connectivity index (χ1) is 9.38. The molecule has 0 saturated carbocycles. The minimum atomic E-state index is -0.0797. The van der Waals surface area contributed by atoms with E-state index in [4.69, 9.17) is 29.6 Å². The molecule has 1 aromatic carbocycles. The smallest absolute Gasteiger partial charge is 0.238 e. The third kappa shape index (κ3) is 6.32. The van der Waals surface area contributed by atoms with E-state index in [0.717, 1.165) is 0 Å². The molecule has 1 rings (SSSR count). The van der Waals surface area contributed by atoms with E-state index in [2.05, 4.69) is 5.32 Å². The molecule has 0 aromatic heterocycles. The third-order valence-corrected chi connectivity index (χ3v) is 3.27. The summed E-state index contributed by atoms with van der Waals surface area (Å²) in [6.07, 6.45) is 0.609. The van der Waals surface area contributed by atoms with E-state index in [9.17, 15) is 4.79 Å². The average Bonchev–Trinajstić information content (AvgIpc) is 2.33. The molecule has 0 radical (unpaired) electrons. The zero-order valence-corrected chi connectivity index (χ0v) is 13.3. The number of nitrogens with two attached hydrogens (primary N) is 1. The van der Waals surface area contributed by atoms with Gasteiger partial charge in [-0.15, -0.1) is 0 Å². The van der Waals surface area contributed by atoms with Gasteiger partial charge in [0.05, 0.1) is 11.5 Å². The summed E-state index contributed by atoms with van der Waals surface area (Å²) in [5.74, 6) is -0.0797. The Labute approximate surface area is 130 Å². The number of anilines is 1. The Bertz CT molecular complexity index is 479. The minimum absolute atomic E-state index is 0.0797. The number of thiocarbonyl (C=S) groups is 1. The molecular weight excluding hydrogens is 294 g/mol. The molecule has 0 aliphatic heterocycles. The Morgan fingerprint density at radius 1 is 1.50 bits per heavy atom. The maximum atomic E-state index is 12.0. The molecule has 1 aromatic rings. The topological polar surface area (TPSA) is 58.4 Å². The van der Waals surface area contributed by atoms with Gasteiger partial charge in [-0.25, -0.2) is 0 Å². The number of amides is 1. The Morgan fingerprint density at radius 2 is 2.20 bits per heavy atom. The van der Waals surface area contributed by atoms with Crippen molar-refractivity contribution in [1.29, 1.82) is 0 Å². The number of hydrogen-bond donors (Lipinski definition) is 2. The van der Waals surface area contributed by atoms with Crippen molar-refractivity contribution < 1.29 is 4.79 Å². The Balaban J connectivity index is 2.55. The van der Waals surface area contributed by atoms with Gasteiger partial charge in [-0.3, -0.25) is 9.69 Å². The lowest BCUT2D eigenvalue weighted by molar-refractivity contribution is -0.117. The Hall–Kier alpha value is -1.17. The molecule has 0 atom stereocenters. The van der Waals surface area contributed by atoms with Crippen LogP contribution in [-0.2, 0) is 4.79 Å². The second kappa shape index (κ2) is 8.19. The molecule has 0 aliphatic rings. The zero-order chi connectivity index (χ0) is 15.1. The molecule has 0 bridgehead atoms. The largest absolute Gasteiger partial charge is 0.393 e. The van der Waals surface area contributed by atoms with Crippen molar-refractivity contribution in [1.82, 2.24) is 4.90 Å². The molecule has 20 heavy (non-hydrogen) atoms. The molecule has 6 heteroatoms. The van der Waals surface area contributed by atoms with Crippen LogP contribution in [-0.4, -0.2) is 34.9 Å². The fourth-order valence-electron chi connectivity index (χ4n) is 1.72. The lowest BCUT2D eigenvalue weighted by Gasteiger charge is -2.25. The second-order valence-corrected chi connectivity index (χ2v) is 5.80. The van der Waals surface area contributed by atoms with Crippen molar-refractivity contribution >= 4 is 40.4 Å². The lowest BCUT2D eigenvalue weighted by Crippen LogP contribution is -2.39. The van der Waals surface area contributed by atoms with Crippen molar-refractivity contribution in [2.75, 3.05) is 18.4 Å². The molecule has 0 saturated heterocycles. The summed E-state index contributed by atoms with van der Waals surface area (Å²) in [4.78, 5) is 14.5. The zero-order valence-electron chi connectivity index (χ0n) is 11.7. The van der Waals surface area contributed by atoms with Crippen molar-refractivity contribution in [2.45, 2.75) is 26.3 Å². The standard InChI is InChI=1S/C14H20ClN3OS/c1-10(2)18(7-6-13(16)20)9-14(19)17-12-5-3-4-11(15)8-12/h3-5,8,10H,6-7,9H2,1-2H3,(H2,16,20)(H,17,19). The summed E-state index contributed by atoms with van der Waals surface area (Å²) < 4.78 is 0. The summed E-state index contributed by atoms with van der Waals surface area (Å²) in [5.41, 5.74) is 6.20. The third-order valence-electron chi connectivity index (χ3n) is 2.83. The van der Waals surface area contributed by atoms with Gasteiger partial charge in [0.1, 0.15) is 0 Å². The van der Waals surface area contributed by atoms with E-state index in [1.165, 1.54) is 0 Å². The SMILES string of the molecule is CC(C)N(CCC(N)=S)CC(=O)Nc1cccc(Cl)c1. The van der Waals surface area contributed by atoms with Crippen LogP contribution in [0.2, 0.25) is 5.02 Å². The number of rotatable bonds is 7. The minimum Gasteiger partial charge on any atom is -0.393 e. The van der Waals surface area contributed by atoms with Crippen LogP contribution in [0, 0.1) is 0 Å². The summed E-state index contributed by atoms with van der Waals surface area (Å²) in [7, 11) is 0. The Kier molecular flexibility index (Phi) is 6.91. The lowest BCUT2D eigenvalue weighted by atomic mass is 10.2. The normalized spacial score (nSPS) is 10.8. The van der Waals surface area contributed by atoms with E-state index < -0.39 is 0 Å². The predicted molar refractivity (Wildman–Crippen MR) is 88.2 cm³/mol. The van der Waals surface area contributed by atoms with Gasteiger partial charge in [-0.1, -0.05) is 29.9 Å². The van der Waals surface area contributed by atoms with Crippen LogP contribution >= 0.6 is 23.8 Å². The van der Waals surface area contributed by atoms with Crippen LogP contribution in [0.25, 0.3) is 0 Å². The van der Waals surface area contributed by atoms with Gasteiger partial charge >= 0.3 is 0 Å². The molecule has 0 heterocycles. The van der Waals surface area contributed by atoms with Gasteiger partial charge in [-0.05, 0) is 32.0 Å². The Morgan fingerprint density at radius 3 is 2.75 bits per heavy atom. The molecule has 0 fully saturated rings. The van der Waals surface area contributed by atoms with Crippen molar-refractivity contribution in [3.05, 3.63) is 29.3 Å². The van der Waals surface area contributed by atoms with Crippen LogP contribution in [0.3, 0.4) is 0 Å². The first-order valence-electron chi connectivity index (χ1n) is 6.46. The summed E-state index contributed by atoms with van der Waals surface area (Å²) in [6.45, 7) is 5.04. The summed E-state index contributed by atoms with van der Waals surface area (Å²) in [6, 6.07) is 7.33. The van der Waals surface area contributed by atoms with Crippen molar-refractivity contribution in [2.24, 2.45) is 5.73 Å². The molecule has 4 nitrogen and oxygen atoms in total. The highest BCUT2D eigenvalue weighted by atomic mass is 35.5. The first kappa shape index (κ1) is 16.9. The van der Waals surface area contributed by atoms with Crippen LogP contribution in [0.15, 0.2) is 24.3 Å². The molecule has 1 amide bonds. The van der Waals surface area contributed by atoms with Crippen LogP contribution in [0.4, 0.5) is 5.69 Å². The number of halogens is 1. The molecule has 3 N–H and O–H groups in total. The molecule has 110 valence electrons. The fraction of sp³-hybridized carbons (Fsp3) is 0.429. The fourth-order valence-corrected chi connectivity index (χ4v) is 2.01. The number of nitrogens with zero attached hydrogens (tertiary/aromatic N) is 1. The second-order valence-electron chi connectivity index (χ2n) is 4.84. The van der Waals surface area contributed by atoms with E-state index >= 15 is 0 Å². The number of hydrogen-bond acceptors (Lipinski definition) is 3. The molecule has 0 unspecified atom stereocenters. The maximum Gasteiger partial charge on any atom is 0.238 e. The number of carbonyl (C=O) groups excluding carboxylic acids is 1. The van der Waals surface area contributed by atoms with Crippen LogP contribution < -0.4 is 11.1 Å². The highest BCUT2D eigenvalue weighted by Gasteiger charge is 2.14.